The van der Waals surface area contributed by atoms with Crippen molar-refractivity contribution in [2.45, 2.75) is 6.04 Å². The normalized spacial score (nSPS) is 14.6. The molecule has 2 aliphatic heterocycles. The lowest BCUT2D eigenvalue weighted by Crippen LogP contribution is -2.48. The number of aromatic nitrogens is 1. The van der Waals surface area contributed by atoms with E-state index in [2.05, 4.69) is 76.5 Å². The van der Waals surface area contributed by atoms with Crippen molar-refractivity contribution in [3.8, 4) is 17.3 Å². The van der Waals surface area contributed by atoms with Gasteiger partial charge in [0.05, 0.1) is 11.7 Å². The Morgan fingerprint density at radius 1 is 0.710 bits per heavy atom. The molecule has 0 bridgehead atoms. The summed E-state index contributed by atoms with van der Waals surface area (Å²) in [5.74, 6) is 0.819. The zero-order chi connectivity index (χ0) is 21.0. The molecule has 1 fully saturated rings. The number of fused-ring (bicyclic) bond motifs is 1. The average molecular weight is 405 g/mol. The molecule has 0 aromatic heterocycles. The van der Waals surface area contributed by atoms with E-state index in [1.54, 1.807) is 0 Å². The predicted octanol–water partition coefficient (Wildman–Crippen LogP) is 4.97. The zero-order valence-corrected chi connectivity index (χ0v) is 17.4. The van der Waals surface area contributed by atoms with Crippen LogP contribution < -0.4 is 4.90 Å². The van der Waals surface area contributed by atoms with Gasteiger partial charge in [-0.2, -0.15) is 5.26 Å². The summed E-state index contributed by atoms with van der Waals surface area (Å²) >= 11 is 0. The van der Waals surface area contributed by atoms with E-state index in [4.69, 9.17) is 4.98 Å². The Bertz CT molecular complexity index is 1120. The van der Waals surface area contributed by atoms with Gasteiger partial charge >= 0.3 is 0 Å². The molecule has 2 aromatic rings. The lowest BCUT2D eigenvalue weighted by atomic mass is 9.96. The second-order valence-electron chi connectivity index (χ2n) is 7.88. The molecule has 1 aliphatic carbocycles. The number of rotatable bonds is 4. The Kier molecular flexibility index (Phi) is 5.35. The molecule has 0 spiro atoms. The molecule has 31 heavy (non-hydrogen) atoms. The number of hydrogen-bond donors (Lipinski definition) is 0. The van der Waals surface area contributed by atoms with E-state index >= 15 is 0 Å². The van der Waals surface area contributed by atoms with Crippen LogP contribution in [0.5, 0.6) is 0 Å². The highest BCUT2D eigenvalue weighted by molar-refractivity contribution is 5.78. The van der Waals surface area contributed by atoms with Gasteiger partial charge in [0.25, 0.3) is 0 Å². The van der Waals surface area contributed by atoms with E-state index in [9.17, 15) is 5.26 Å². The highest BCUT2D eigenvalue weighted by Crippen LogP contribution is 2.35. The van der Waals surface area contributed by atoms with Crippen molar-refractivity contribution in [1.29, 1.82) is 5.26 Å². The van der Waals surface area contributed by atoms with Crippen molar-refractivity contribution in [1.82, 2.24) is 9.88 Å². The molecule has 4 nitrogen and oxygen atoms in total. The minimum Gasteiger partial charge on any atom is -0.353 e. The molecule has 0 amide bonds. The summed E-state index contributed by atoms with van der Waals surface area (Å²) < 4.78 is 0. The van der Waals surface area contributed by atoms with Crippen LogP contribution in [0.25, 0.3) is 11.3 Å². The van der Waals surface area contributed by atoms with Gasteiger partial charge in [-0.15, -0.1) is 0 Å². The Morgan fingerprint density at radius 3 is 1.84 bits per heavy atom. The molecule has 152 valence electrons. The van der Waals surface area contributed by atoms with Crippen molar-refractivity contribution < 1.29 is 0 Å². The van der Waals surface area contributed by atoms with Crippen molar-refractivity contribution in [3.05, 3.63) is 108 Å². The van der Waals surface area contributed by atoms with Crippen molar-refractivity contribution >= 4 is 5.82 Å². The molecule has 4 heteroatoms. The van der Waals surface area contributed by atoms with Crippen LogP contribution in [0.4, 0.5) is 5.82 Å². The largest absolute Gasteiger partial charge is 0.353 e. The van der Waals surface area contributed by atoms with Gasteiger partial charge in [0.2, 0.25) is 0 Å². The Balaban J connectivity index is 1.42. The maximum absolute atomic E-state index is 9.83. The first-order chi connectivity index (χ1) is 15.3. The topological polar surface area (TPSA) is 43.2 Å². The summed E-state index contributed by atoms with van der Waals surface area (Å²) in [6.45, 7) is 3.52. The van der Waals surface area contributed by atoms with E-state index in [0.717, 1.165) is 43.3 Å². The molecule has 0 unspecified atom stereocenters. The summed E-state index contributed by atoms with van der Waals surface area (Å²) in [4.78, 5) is 9.62. The highest BCUT2D eigenvalue weighted by atomic mass is 15.3. The molecule has 0 atom stereocenters. The van der Waals surface area contributed by atoms with E-state index < -0.39 is 0 Å². The molecule has 1 saturated heterocycles. The lowest BCUT2D eigenvalue weighted by molar-refractivity contribution is 0.212. The minimum atomic E-state index is 0.228. The quantitative estimate of drug-likeness (QED) is 0.482. The number of nitriles is 1. The fourth-order valence-corrected chi connectivity index (χ4v) is 4.55. The fraction of sp³-hybridized carbons (Fsp3) is 0.185. The van der Waals surface area contributed by atoms with E-state index in [1.807, 2.05) is 30.3 Å². The predicted molar refractivity (Wildman–Crippen MR) is 124 cm³/mol. The Hall–Kier alpha value is -3.68. The summed E-state index contributed by atoms with van der Waals surface area (Å²) in [7, 11) is 0. The van der Waals surface area contributed by atoms with E-state index in [-0.39, 0.29) is 6.04 Å². The minimum absolute atomic E-state index is 0.228. The molecule has 0 radical (unpaired) electrons. The number of benzene rings is 2. The van der Waals surface area contributed by atoms with E-state index in [0.29, 0.717) is 5.56 Å². The molecule has 5 rings (SSSR count). The monoisotopic (exact) mass is 404 g/mol. The number of anilines is 1. The van der Waals surface area contributed by atoms with Crippen LogP contribution in [-0.4, -0.2) is 36.1 Å². The van der Waals surface area contributed by atoms with Crippen LogP contribution in [-0.2, 0) is 0 Å². The fourth-order valence-electron chi connectivity index (χ4n) is 4.55. The van der Waals surface area contributed by atoms with Gasteiger partial charge in [-0.25, -0.2) is 4.98 Å². The Morgan fingerprint density at radius 2 is 1.26 bits per heavy atom. The van der Waals surface area contributed by atoms with Crippen molar-refractivity contribution in [3.63, 3.8) is 0 Å². The summed E-state index contributed by atoms with van der Waals surface area (Å²) in [6, 6.07) is 33.9. The molecular formula is C27H24N4. The molecular weight excluding hydrogens is 380 g/mol. The maximum atomic E-state index is 9.83. The number of piperazine rings is 1. The first-order valence-corrected chi connectivity index (χ1v) is 10.7. The SMILES string of the molecule is N#Cc1c2cccccc-2nc1N1CCN(C(c2ccccc2)c2ccccc2)CC1. The summed E-state index contributed by atoms with van der Waals surface area (Å²) in [5, 5.41) is 9.83. The molecule has 3 aliphatic rings. The van der Waals surface area contributed by atoms with Crippen molar-refractivity contribution in [2.24, 2.45) is 0 Å². The molecule has 2 aromatic carbocycles. The smallest absolute Gasteiger partial charge is 0.148 e. The highest BCUT2D eigenvalue weighted by Gasteiger charge is 2.29. The second kappa shape index (κ2) is 8.59. The van der Waals surface area contributed by atoms with E-state index in [1.165, 1.54) is 11.1 Å². The van der Waals surface area contributed by atoms with Crippen LogP contribution >= 0.6 is 0 Å². The second-order valence-corrected chi connectivity index (χ2v) is 7.88. The molecule has 0 N–H and O–H groups in total. The standard InChI is InChI=1S/C27H24N4/c28-20-24-23-14-8-3-9-15-25(23)29-27(24)31-18-16-30(17-19-31)26(21-10-4-1-5-11-21)22-12-6-2-7-13-22/h1-15,26H,16-19H2. The van der Waals surface area contributed by atoms with Crippen LogP contribution in [0, 0.1) is 11.3 Å². The third-order valence-electron chi connectivity index (χ3n) is 6.06. The van der Waals surface area contributed by atoms with Crippen LogP contribution in [0.1, 0.15) is 22.7 Å². The van der Waals surface area contributed by atoms with Crippen LogP contribution in [0.3, 0.4) is 0 Å². The van der Waals surface area contributed by atoms with Gasteiger partial charge < -0.3 is 4.90 Å². The first kappa shape index (κ1) is 19.3. The lowest BCUT2D eigenvalue weighted by Gasteiger charge is -2.40. The van der Waals surface area contributed by atoms with Crippen molar-refractivity contribution in [2.75, 3.05) is 31.1 Å². The van der Waals surface area contributed by atoms with Gasteiger partial charge in [0.15, 0.2) is 0 Å². The average Bonchev–Trinajstić information content (AvgIpc) is 3.02. The first-order valence-electron chi connectivity index (χ1n) is 10.7. The van der Waals surface area contributed by atoms with Gasteiger partial charge in [-0.1, -0.05) is 84.9 Å². The van der Waals surface area contributed by atoms with Crippen LogP contribution in [0.2, 0.25) is 0 Å². The number of hydrogen-bond acceptors (Lipinski definition) is 4. The zero-order valence-electron chi connectivity index (χ0n) is 17.4. The van der Waals surface area contributed by atoms with Gasteiger partial charge in [-0.05, 0) is 17.2 Å². The summed E-state index contributed by atoms with van der Waals surface area (Å²) in [5.41, 5.74) is 5.11. The van der Waals surface area contributed by atoms with Crippen LogP contribution in [0.15, 0.2) is 91.0 Å². The molecule has 0 saturated carbocycles. The van der Waals surface area contributed by atoms with Gasteiger partial charge in [-0.3, -0.25) is 4.90 Å². The Labute approximate surface area is 183 Å². The third-order valence-corrected chi connectivity index (χ3v) is 6.06. The number of nitrogens with zero attached hydrogens (tertiary/aromatic N) is 4. The maximum Gasteiger partial charge on any atom is 0.148 e. The summed E-state index contributed by atoms with van der Waals surface area (Å²) in [6.07, 6.45) is 0. The van der Waals surface area contributed by atoms with Gasteiger partial charge in [0, 0.05) is 31.7 Å². The third kappa shape index (κ3) is 3.76. The van der Waals surface area contributed by atoms with Gasteiger partial charge in [0.1, 0.15) is 17.5 Å². The molecule has 2 heterocycles.